The number of nitro benzene ring substituents is 1. The molecule has 2 aromatic carbocycles. The van der Waals surface area contributed by atoms with Gasteiger partial charge in [-0.1, -0.05) is 11.6 Å². The fourth-order valence-corrected chi connectivity index (χ4v) is 2.81. The maximum absolute atomic E-state index is 12.1. The average molecular weight is 377 g/mol. The SMILES string of the molecule is O=C(NC[C@H]1CCCO1)c1ccc(Oc2ccc([N+](=O)[O-])cc2Cl)cc1. The number of non-ortho nitro benzene ring substituents is 1. The van der Waals surface area contributed by atoms with Crippen molar-refractivity contribution in [3.63, 3.8) is 0 Å². The highest BCUT2D eigenvalue weighted by molar-refractivity contribution is 6.32. The first-order valence-electron chi connectivity index (χ1n) is 8.14. The zero-order chi connectivity index (χ0) is 18.5. The van der Waals surface area contributed by atoms with Crippen molar-refractivity contribution < 1.29 is 19.2 Å². The van der Waals surface area contributed by atoms with Gasteiger partial charge in [-0.25, -0.2) is 0 Å². The van der Waals surface area contributed by atoms with Crippen LogP contribution in [-0.2, 0) is 4.74 Å². The summed E-state index contributed by atoms with van der Waals surface area (Å²) in [6.07, 6.45) is 2.08. The Morgan fingerprint density at radius 2 is 2.08 bits per heavy atom. The van der Waals surface area contributed by atoms with Crippen LogP contribution in [0, 0.1) is 10.1 Å². The van der Waals surface area contributed by atoms with Crippen molar-refractivity contribution in [2.45, 2.75) is 18.9 Å². The molecule has 1 atom stereocenters. The van der Waals surface area contributed by atoms with Crippen molar-refractivity contribution in [1.29, 1.82) is 0 Å². The van der Waals surface area contributed by atoms with Crippen LogP contribution >= 0.6 is 11.6 Å². The molecular formula is C18H17ClN2O5. The second-order valence-electron chi connectivity index (χ2n) is 5.84. The molecule has 136 valence electrons. The molecule has 26 heavy (non-hydrogen) atoms. The lowest BCUT2D eigenvalue weighted by Gasteiger charge is -2.11. The van der Waals surface area contributed by atoms with Gasteiger partial charge in [0.25, 0.3) is 11.6 Å². The number of rotatable bonds is 6. The minimum atomic E-state index is -0.528. The Morgan fingerprint density at radius 3 is 2.69 bits per heavy atom. The third-order valence-corrected chi connectivity index (χ3v) is 4.28. The van der Waals surface area contributed by atoms with E-state index in [9.17, 15) is 14.9 Å². The van der Waals surface area contributed by atoms with Crippen LogP contribution in [0.3, 0.4) is 0 Å². The third kappa shape index (κ3) is 4.50. The number of nitro groups is 1. The highest BCUT2D eigenvalue weighted by atomic mass is 35.5. The molecule has 8 heteroatoms. The second-order valence-corrected chi connectivity index (χ2v) is 6.25. The monoisotopic (exact) mass is 376 g/mol. The Bertz CT molecular complexity index is 804. The van der Waals surface area contributed by atoms with Crippen LogP contribution in [0.5, 0.6) is 11.5 Å². The molecule has 3 rings (SSSR count). The van der Waals surface area contributed by atoms with Crippen LogP contribution in [0.25, 0.3) is 0 Å². The zero-order valence-electron chi connectivity index (χ0n) is 13.8. The van der Waals surface area contributed by atoms with Crippen molar-refractivity contribution in [2.75, 3.05) is 13.2 Å². The van der Waals surface area contributed by atoms with Crippen LogP contribution in [0.15, 0.2) is 42.5 Å². The zero-order valence-corrected chi connectivity index (χ0v) is 14.6. The number of carbonyl (C=O) groups is 1. The lowest BCUT2D eigenvalue weighted by molar-refractivity contribution is -0.384. The van der Waals surface area contributed by atoms with E-state index in [1.807, 2.05) is 0 Å². The summed E-state index contributed by atoms with van der Waals surface area (Å²) < 4.78 is 11.1. The van der Waals surface area contributed by atoms with Crippen LogP contribution < -0.4 is 10.1 Å². The van der Waals surface area contributed by atoms with Crippen molar-refractivity contribution in [3.05, 3.63) is 63.2 Å². The van der Waals surface area contributed by atoms with Gasteiger partial charge in [-0.3, -0.25) is 14.9 Å². The summed E-state index contributed by atoms with van der Waals surface area (Å²) in [6.45, 7) is 1.24. The number of carbonyl (C=O) groups excluding carboxylic acids is 1. The second kappa shape index (κ2) is 8.16. The molecule has 0 unspecified atom stereocenters. The smallest absolute Gasteiger partial charge is 0.271 e. The normalized spacial score (nSPS) is 16.3. The van der Waals surface area contributed by atoms with Gasteiger partial charge in [-0.05, 0) is 43.2 Å². The van der Waals surface area contributed by atoms with Gasteiger partial charge in [0, 0.05) is 30.8 Å². The van der Waals surface area contributed by atoms with E-state index in [1.54, 1.807) is 24.3 Å². The number of hydrogen-bond acceptors (Lipinski definition) is 5. The number of amides is 1. The quantitative estimate of drug-likeness (QED) is 0.609. The summed E-state index contributed by atoms with van der Waals surface area (Å²) in [6, 6.07) is 10.5. The number of ether oxygens (including phenoxy) is 2. The highest BCUT2D eigenvalue weighted by Gasteiger charge is 2.17. The van der Waals surface area contributed by atoms with E-state index < -0.39 is 4.92 Å². The van der Waals surface area contributed by atoms with Crippen molar-refractivity contribution in [2.24, 2.45) is 0 Å². The van der Waals surface area contributed by atoms with Gasteiger partial charge in [0.1, 0.15) is 11.5 Å². The fraction of sp³-hybridized carbons (Fsp3) is 0.278. The Morgan fingerprint density at radius 1 is 1.31 bits per heavy atom. The number of benzene rings is 2. The van der Waals surface area contributed by atoms with E-state index in [4.69, 9.17) is 21.1 Å². The fourth-order valence-electron chi connectivity index (χ4n) is 2.60. The van der Waals surface area contributed by atoms with Crippen molar-refractivity contribution in [1.82, 2.24) is 5.32 Å². The topological polar surface area (TPSA) is 90.7 Å². The Hall–Kier alpha value is -2.64. The molecule has 1 aliphatic heterocycles. The van der Waals surface area contributed by atoms with Crippen LogP contribution in [0.2, 0.25) is 5.02 Å². The molecule has 0 aliphatic carbocycles. The van der Waals surface area contributed by atoms with E-state index in [0.29, 0.717) is 23.6 Å². The maximum Gasteiger partial charge on any atom is 0.271 e. The van der Waals surface area contributed by atoms with E-state index in [0.717, 1.165) is 19.4 Å². The number of hydrogen-bond donors (Lipinski definition) is 1. The van der Waals surface area contributed by atoms with Gasteiger partial charge < -0.3 is 14.8 Å². The first-order valence-corrected chi connectivity index (χ1v) is 8.52. The molecule has 1 heterocycles. The van der Waals surface area contributed by atoms with Crippen LogP contribution in [-0.4, -0.2) is 30.1 Å². The molecule has 2 aromatic rings. The minimum absolute atomic E-state index is 0.0887. The van der Waals surface area contributed by atoms with Crippen molar-refractivity contribution >= 4 is 23.2 Å². The van der Waals surface area contributed by atoms with Crippen LogP contribution in [0.4, 0.5) is 5.69 Å². The predicted octanol–water partition coefficient (Wildman–Crippen LogP) is 3.95. The van der Waals surface area contributed by atoms with Gasteiger partial charge >= 0.3 is 0 Å². The van der Waals surface area contributed by atoms with E-state index >= 15 is 0 Å². The van der Waals surface area contributed by atoms with E-state index in [1.165, 1.54) is 18.2 Å². The largest absolute Gasteiger partial charge is 0.456 e. The van der Waals surface area contributed by atoms with Crippen LogP contribution in [0.1, 0.15) is 23.2 Å². The summed E-state index contributed by atoms with van der Waals surface area (Å²) in [5, 5.41) is 13.7. The number of halogens is 1. The molecule has 0 radical (unpaired) electrons. The first kappa shape index (κ1) is 18.2. The van der Waals surface area contributed by atoms with Gasteiger partial charge in [0.05, 0.1) is 16.0 Å². The Balaban J connectivity index is 1.60. The third-order valence-electron chi connectivity index (χ3n) is 3.98. The average Bonchev–Trinajstić information content (AvgIpc) is 3.15. The molecule has 1 amide bonds. The molecule has 0 saturated carbocycles. The van der Waals surface area contributed by atoms with Crippen molar-refractivity contribution in [3.8, 4) is 11.5 Å². The number of nitrogens with zero attached hydrogens (tertiary/aromatic N) is 1. The molecule has 0 bridgehead atoms. The van der Waals surface area contributed by atoms with E-state index in [2.05, 4.69) is 5.32 Å². The van der Waals surface area contributed by atoms with Gasteiger partial charge in [-0.15, -0.1) is 0 Å². The summed E-state index contributed by atoms with van der Waals surface area (Å²) in [5.74, 6) is 0.588. The summed E-state index contributed by atoms with van der Waals surface area (Å²) >= 11 is 6.00. The summed E-state index contributed by atoms with van der Waals surface area (Å²) in [5.41, 5.74) is 0.394. The summed E-state index contributed by atoms with van der Waals surface area (Å²) in [4.78, 5) is 22.3. The summed E-state index contributed by atoms with van der Waals surface area (Å²) in [7, 11) is 0. The van der Waals surface area contributed by atoms with Gasteiger partial charge in [-0.2, -0.15) is 0 Å². The molecule has 0 aromatic heterocycles. The molecule has 1 saturated heterocycles. The van der Waals surface area contributed by atoms with Gasteiger partial charge in [0.15, 0.2) is 0 Å². The minimum Gasteiger partial charge on any atom is -0.456 e. The first-order chi connectivity index (χ1) is 12.5. The molecule has 7 nitrogen and oxygen atoms in total. The lowest BCUT2D eigenvalue weighted by Crippen LogP contribution is -2.31. The highest BCUT2D eigenvalue weighted by Crippen LogP contribution is 2.32. The molecule has 1 N–H and O–H groups in total. The maximum atomic E-state index is 12.1. The van der Waals surface area contributed by atoms with E-state index in [-0.39, 0.29) is 22.7 Å². The standard InChI is InChI=1S/C18H17ClN2O5/c19-16-10-13(21(23)24)5-8-17(16)26-14-6-3-12(4-7-14)18(22)20-11-15-2-1-9-25-15/h3-8,10,15H,1-2,9,11H2,(H,20,22)/t15-/m1/s1. The number of nitrogens with one attached hydrogen (secondary N) is 1. The lowest BCUT2D eigenvalue weighted by atomic mass is 10.2. The Kier molecular flexibility index (Phi) is 5.70. The molecular weight excluding hydrogens is 360 g/mol. The van der Waals surface area contributed by atoms with Gasteiger partial charge in [0.2, 0.25) is 0 Å². The predicted molar refractivity (Wildman–Crippen MR) is 95.9 cm³/mol. The molecule has 0 spiro atoms. The molecule has 1 fully saturated rings. The Labute approximate surface area is 155 Å². The molecule has 1 aliphatic rings.